The maximum absolute atomic E-state index is 12.2. The summed E-state index contributed by atoms with van der Waals surface area (Å²) < 4.78 is 5.42. The highest BCUT2D eigenvalue weighted by atomic mass is 32.2. The van der Waals surface area contributed by atoms with Crippen LogP contribution < -0.4 is 10.1 Å². The molecule has 0 aliphatic carbocycles. The van der Waals surface area contributed by atoms with Crippen molar-refractivity contribution in [1.29, 1.82) is 0 Å². The van der Waals surface area contributed by atoms with Crippen molar-refractivity contribution in [2.24, 2.45) is 4.99 Å². The normalized spacial score (nSPS) is 17.0. The van der Waals surface area contributed by atoms with Crippen LogP contribution in [0.15, 0.2) is 58.4 Å². The number of aliphatic carboxylic acids is 1. The molecule has 2 aromatic carbocycles. The predicted molar refractivity (Wildman–Crippen MR) is 113 cm³/mol. The van der Waals surface area contributed by atoms with Crippen LogP contribution in [0.4, 0.5) is 5.69 Å². The Hall–Kier alpha value is -3.59. The predicted octanol–water partition coefficient (Wildman–Crippen LogP) is 3.52. The molecule has 154 valence electrons. The highest BCUT2D eigenvalue weighted by Gasteiger charge is 2.24. The van der Waals surface area contributed by atoms with Gasteiger partial charge in [-0.05, 0) is 60.2 Å². The molecular weight excluding hydrogens is 408 g/mol. The number of aromatic carboxylic acids is 1. The number of benzene rings is 2. The summed E-state index contributed by atoms with van der Waals surface area (Å²) in [5.41, 5.74) is 1.26. The van der Waals surface area contributed by atoms with Gasteiger partial charge in [0, 0.05) is 0 Å². The van der Waals surface area contributed by atoms with Crippen LogP contribution >= 0.6 is 11.8 Å². The molecule has 30 heavy (non-hydrogen) atoms. The van der Waals surface area contributed by atoms with Crippen molar-refractivity contribution in [1.82, 2.24) is 5.32 Å². The molecule has 0 spiro atoms. The summed E-state index contributed by atoms with van der Waals surface area (Å²) in [6.45, 7) is 1.73. The quantitative estimate of drug-likeness (QED) is 0.579. The van der Waals surface area contributed by atoms with Crippen LogP contribution in [-0.4, -0.2) is 39.3 Å². The van der Waals surface area contributed by atoms with Crippen molar-refractivity contribution in [2.45, 2.75) is 19.4 Å². The summed E-state index contributed by atoms with van der Waals surface area (Å²) in [4.78, 5) is 39.0. The van der Waals surface area contributed by atoms with Crippen LogP contribution in [-0.2, 0) is 9.59 Å². The number of ether oxygens (including phenoxy) is 1. The van der Waals surface area contributed by atoms with E-state index in [1.165, 1.54) is 12.1 Å². The van der Waals surface area contributed by atoms with Gasteiger partial charge in [-0.25, -0.2) is 14.6 Å². The zero-order valence-electron chi connectivity index (χ0n) is 15.9. The van der Waals surface area contributed by atoms with Crippen molar-refractivity contribution >= 4 is 46.5 Å². The van der Waals surface area contributed by atoms with Gasteiger partial charge in [0.2, 0.25) is 0 Å². The molecule has 0 saturated carbocycles. The minimum Gasteiger partial charge on any atom is -0.479 e. The first-order valence-electron chi connectivity index (χ1n) is 8.98. The van der Waals surface area contributed by atoms with E-state index in [-0.39, 0.29) is 11.5 Å². The molecule has 1 fully saturated rings. The number of hydrogen-bond donors (Lipinski definition) is 3. The van der Waals surface area contributed by atoms with E-state index in [0.29, 0.717) is 27.9 Å². The third-order valence-electron chi connectivity index (χ3n) is 4.08. The number of aliphatic imine (C=N–C) groups is 1. The summed E-state index contributed by atoms with van der Waals surface area (Å²) in [5.74, 6) is -1.97. The van der Waals surface area contributed by atoms with E-state index in [4.69, 9.17) is 14.9 Å². The van der Waals surface area contributed by atoms with Crippen LogP contribution in [0.3, 0.4) is 0 Å². The number of nitrogens with one attached hydrogen (secondary N) is 1. The van der Waals surface area contributed by atoms with Gasteiger partial charge in [-0.2, -0.15) is 0 Å². The Kier molecular flexibility index (Phi) is 6.53. The number of carbonyl (C=O) groups excluding carboxylic acids is 1. The lowest BCUT2D eigenvalue weighted by Crippen LogP contribution is -2.25. The number of amidine groups is 1. The summed E-state index contributed by atoms with van der Waals surface area (Å²) >= 11 is 1.14. The highest BCUT2D eigenvalue weighted by Crippen LogP contribution is 2.28. The average Bonchev–Trinajstić information content (AvgIpc) is 3.05. The van der Waals surface area contributed by atoms with Gasteiger partial charge in [0.1, 0.15) is 5.75 Å². The molecule has 1 aliphatic rings. The SMILES string of the molecule is CCC(Oc1ccc(/C=C2\SC(=Nc3cccc(C(=O)O)c3)NC2=O)cc1)C(=O)O. The zero-order chi connectivity index (χ0) is 21.7. The molecule has 9 heteroatoms. The molecule has 1 saturated heterocycles. The smallest absolute Gasteiger partial charge is 0.344 e. The van der Waals surface area contributed by atoms with E-state index in [0.717, 1.165) is 17.3 Å². The van der Waals surface area contributed by atoms with E-state index in [1.54, 1.807) is 49.4 Å². The molecule has 0 bridgehead atoms. The lowest BCUT2D eigenvalue weighted by molar-refractivity contribution is -0.145. The van der Waals surface area contributed by atoms with Crippen molar-refractivity contribution in [3.8, 4) is 5.75 Å². The number of thioether (sulfide) groups is 1. The second-order valence-electron chi connectivity index (χ2n) is 6.26. The Bertz CT molecular complexity index is 1050. The van der Waals surface area contributed by atoms with Crippen molar-refractivity contribution in [3.05, 3.63) is 64.6 Å². The molecular formula is C21H18N2O6S. The number of carbonyl (C=O) groups is 3. The first-order chi connectivity index (χ1) is 14.4. The van der Waals surface area contributed by atoms with Gasteiger partial charge in [0.25, 0.3) is 5.91 Å². The lowest BCUT2D eigenvalue weighted by Gasteiger charge is -2.13. The molecule has 8 nitrogen and oxygen atoms in total. The van der Waals surface area contributed by atoms with Crippen LogP contribution in [0.2, 0.25) is 0 Å². The fraction of sp³-hybridized carbons (Fsp3) is 0.143. The summed E-state index contributed by atoms with van der Waals surface area (Å²) in [6.07, 6.45) is 1.10. The van der Waals surface area contributed by atoms with Crippen molar-refractivity contribution in [3.63, 3.8) is 0 Å². The van der Waals surface area contributed by atoms with Gasteiger partial charge >= 0.3 is 11.9 Å². The molecule has 2 aromatic rings. The number of carboxylic acids is 2. The molecule has 3 rings (SSSR count). The largest absolute Gasteiger partial charge is 0.479 e. The number of amides is 1. The van der Waals surface area contributed by atoms with E-state index in [2.05, 4.69) is 10.3 Å². The second-order valence-corrected chi connectivity index (χ2v) is 7.29. The summed E-state index contributed by atoms with van der Waals surface area (Å²) in [7, 11) is 0. The monoisotopic (exact) mass is 426 g/mol. The number of rotatable bonds is 7. The fourth-order valence-electron chi connectivity index (χ4n) is 2.57. The Balaban J connectivity index is 1.72. The highest BCUT2D eigenvalue weighted by molar-refractivity contribution is 8.18. The van der Waals surface area contributed by atoms with Gasteiger partial charge in [0.15, 0.2) is 11.3 Å². The maximum Gasteiger partial charge on any atom is 0.344 e. The maximum atomic E-state index is 12.2. The summed E-state index contributed by atoms with van der Waals surface area (Å²) in [6, 6.07) is 12.8. The number of nitrogens with zero attached hydrogens (tertiary/aromatic N) is 1. The van der Waals surface area contributed by atoms with E-state index < -0.39 is 18.0 Å². The molecule has 1 atom stereocenters. The minimum atomic E-state index is -1.05. The standard InChI is InChI=1S/C21H18N2O6S/c1-2-16(20(27)28)29-15-8-6-12(7-9-15)10-17-18(24)23-21(30-17)22-14-5-3-4-13(11-14)19(25)26/h3-11,16H,2H2,1H3,(H,25,26)(H,27,28)(H,22,23,24)/b17-10-. The third-order valence-corrected chi connectivity index (χ3v) is 4.99. The lowest BCUT2D eigenvalue weighted by atomic mass is 10.2. The van der Waals surface area contributed by atoms with Gasteiger partial charge in [-0.1, -0.05) is 25.1 Å². The topological polar surface area (TPSA) is 125 Å². The van der Waals surface area contributed by atoms with E-state index in [9.17, 15) is 14.4 Å². The van der Waals surface area contributed by atoms with Crippen molar-refractivity contribution in [2.75, 3.05) is 0 Å². The van der Waals surface area contributed by atoms with Gasteiger partial charge < -0.3 is 20.3 Å². The first kappa shape index (κ1) is 21.1. The zero-order valence-corrected chi connectivity index (χ0v) is 16.7. The van der Waals surface area contributed by atoms with E-state index >= 15 is 0 Å². The molecule has 0 radical (unpaired) electrons. The van der Waals surface area contributed by atoms with Crippen LogP contribution in [0, 0.1) is 0 Å². The number of hydrogen-bond acceptors (Lipinski definition) is 6. The number of carboxylic acid groups (broad SMARTS) is 2. The first-order valence-corrected chi connectivity index (χ1v) is 9.80. The molecule has 3 N–H and O–H groups in total. The average molecular weight is 426 g/mol. The minimum absolute atomic E-state index is 0.109. The van der Waals surface area contributed by atoms with Gasteiger partial charge in [-0.15, -0.1) is 0 Å². The Labute approximate surface area is 176 Å². The van der Waals surface area contributed by atoms with Crippen LogP contribution in [0.25, 0.3) is 6.08 Å². The van der Waals surface area contributed by atoms with Gasteiger partial charge in [0.05, 0.1) is 16.2 Å². The molecule has 1 aliphatic heterocycles. The third kappa shape index (κ3) is 5.26. The molecule has 0 aromatic heterocycles. The summed E-state index contributed by atoms with van der Waals surface area (Å²) in [5, 5.41) is 21.1. The Morgan fingerprint density at radius 1 is 1.20 bits per heavy atom. The van der Waals surface area contributed by atoms with Crippen LogP contribution in [0.5, 0.6) is 5.75 Å². The molecule has 1 amide bonds. The second kappa shape index (κ2) is 9.27. The Morgan fingerprint density at radius 2 is 1.93 bits per heavy atom. The molecule has 1 heterocycles. The van der Waals surface area contributed by atoms with E-state index in [1.807, 2.05) is 0 Å². The fourth-order valence-corrected chi connectivity index (χ4v) is 3.41. The van der Waals surface area contributed by atoms with Gasteiger partial charge in [-0.3, -0.25) is 4.79 Å². The Morgan fingerprint density at radius 3 is 2.57 bits per heavy atom. The van der Waals surface area contributed by atoms with Crippen molar-refractivity contribution < 1.29 is 29.3 Å². The molecule has 1 unspecified atom stereocenters. The van der Waals surface area contributed by atoms with Crippen LogP contribution in [0.1, 0.15) is 29.3 Å².